The summed E-state index contributed by atoms with van der Waals surface area (Å²) in [5, 5.41) is 8.55. The van der Waals surface area contributed by atoms with Gasteiger partial charge in [0.05, 0.1) is 11.9 Å². The van der Waals surface area contributed by atoms with Crippen LogP contribution in [0.4, 0.5) is 14.5 Å². The minimum atomic E-state index is -0.697. The largest absolute Gasteiger partial charge is 0.303 e. The number of halogens is 2. The zero-order valence-electron chi connectivity index (χ0n) is 8.64. The maximum atomic E-state index is 12.9. The Labute approximate surface area is 95.5 Å². The van der Waals surface area contributed by atoms with Gasteiger partial charge < -0.3 is 5.73 Å². The van der Waals surface area contributed by atoms with Crippen LogP contribution >= 0.6 is 0 Å². The molecule has 8 heteroatoms. The molecule has 1 aromatic carbocycles. The van der Waals surface area contributed by atoms with Crippen molar-refractivity contribution in [2.45, 2.75) is 6.17 Å². The first-order chi connectivity index (χ1) is 8.06. The fraction of sp³-hybridized carbons (Fsp3) is 0.111. The van der Waals surface area contributed by atoms with Crippen molar-refractivity contribution >= 4 is 17.6 Å². The van der Waals surface area contributed by atoms with Gasteiger partial charge in [-0.05, 0) is 12.1 Å². The van der Waals surface area contributed by atoms with E-state index in [9.17, 15) is 8.78 Å². The average Bonchev–Trinajstić information content (AvgIpc) is 2.56. The molecular weight excluding hydrogens is 230 g/mol. The summed E-state index contributed by atoms with van der Waals surface area (Å²) in [5.41, 5.74) is 8.61. The van der Waals surface area contributed by atoms with E-state index in [0.717, 1.165) is 23.3 Å². The Kier molecular flexibility index (Phi) is 2.98. The first-order valence-electron chi connectivity index (χ1n) is 4.69. The van der Waals surface area contributed by atoms with Crippen LogP contribution in [0.2, 0.25) is 0 Å². The number of hydrogen-bond donors (Lipinski definition) is 3. The third kappa shape index (κ3) is 2.55. The molecule has 0 aliphatic carbocycles. The van der Waals surface area contributed by atoms with Crippen LogP contribution in [0, 0.1) is 11.6 Å². The Balaban J connectivity index is 2.12. The van der Waals surface area contributed by atoms with Crippen molar-refractivity contribution in [2.75, 3.05) is 5.43 Å². The third-order valence-corrected chi connectivity index (χ3v) is 2.09. The molecule has 1 aliphatic heterocycles. The van der Waals surface area contributed by atoms with Crippen LogP contribution in [0.1, 0.15) is 0 Å². The Morgan fingerprint density at radius 1 is 1.29 bits per heavy atom. The van der Waals surface area contributed by atoms with Crippen LogP contribution in [0.5, 0.6) is 0 Å². The van der Waals surface area contributed by atoms with E-state index >= 15 is 0 Å². The minimum Gasteiger partial charge on any atom is -0.303 e. The quantitative estimate of drug-likeness (QED) is 0.508. The second-order valence-corrected chi connectivity index (χ2v) is 3.38. The highest BCUT2D eigenvalue weighted by atomic mass is 19.1. The zero-order valence-corrected chi connectivity index (χ0v) is 8.64. The maximum Gasteiger partial charge on any atom is 0.157 e. The van der Waals surface area contributed by atoms with E-state index in [0.29, 0.717) is 5.71 Å². The molecule has 17 heavy (non-hydrogen) atoms. The van der Waals surface area contributed by atoms with Crippen LogP contribution in [0.25, 0.3) is 0 Å². The molecule has 1 aliphatic rings. The van der Waals surface area contributed by atoms with Gasteiger partial charge in [0.1, 0.15) is 17.3 Å². The first-order valence-corrected chi connectivity index (χ1v) is 4.69. The molecule has 1 atom stereocenters. The van der Waals surface area contributed by atoms with Crippen LogP contribution in [-0.4, -0.2) is 23.2 Å². The lowest BCUT2D eigenvalue weighted by atomic mass is 10.3. The van der Waals surface area contributed by atoms with Crippen molar-refractivity contribution in [3.63, 3.8) is 0 Å². The fourth-order valence-electron chi connectivity index (χ4n) is 1.25. The van der Waals surface area contributed by atoms with Crippen molar-refractivity contribution in [1.29, 1.82) is 0 Å². The van der Waals surface area contributed by atoms with Gasteiger partial charge in [0.2, 0.25) is 0 Å². The topological polar surface area (TPSA) is 92.0 Å². The van der Waals surface area contributed by atoms with Gasteiger partial charge in [-0.1, -0.05) is 0 Å². The maximum absolute atomic E-state index is 12.9. The number of anilines is 1. The molecule has 1 unspecified atom stereocenters. The molecule has 6 nitrogen and oxygen atoms in total. The second-order valence-electron chi connectivity index (χ2n) is 3.38. The standard InChI is InChI=1S/C9H10F2N6/c10-5-1-6(11)3-7(2-5)15-16-8-4-14-17(13)9(8)12/h1-4,9,15H,12-13H2. The molecule has 1 aromatic rings. The molecule has 0 aromatic heterocycles. The summed E-state index contributed by atoms with van der Waals surface area (Å²) in [5.74, 6) is 3.97. The van der Waals surface area contributed by atoms with Crippen LogP contribution in [0.15, 0.2) is 28.4 Å². The summed E-state index contributed by atoms with van der Waals surface area (Å²) < 4.78 is 25.7. The summed E-state index contributed by atoms with van der Waals surface area (Å²) in [4.78, 5) is 0. The van der Waals surface area contributed by atoms with E-state index in [2.05, 4.69) is 15.6 Å². The van der Waals surface area contributed by atoms with Gasteiger partial charge in [-0.3, -0.25) is 5.43 Å². The van der Waals surface area contributed by atoms with Gasteiger partial charge in [-0.15, -0.1) is 0 Å². The minimum absolute atomic E-state index is 0.172. The Morgan fingerprint density at radius 3 is 2.47 bits per heavy atom. The molecule has 0 fully saturated rings. The summed E-state index contributed by atoms with van der Waals surface area (Å²) >= 11 is 0. The predicted molar refractivity (Wildman–Crippen MR) is 59.9 cm³/mol. The molecule has 0 radical (unpaired) electrons. The summed E-state index contributed by atoms with van der Waals surface area (Å²) in [6, 6.07) is 2.97. The highest BCUT2D eigenvalue weighted by molar-refractivity contribution is 6.34. The Hall–Kier alpha value is -2.06. The molecule has 1 heterocycles. The number of hydrazine groups is 1. The van der Waals surface area contributed by atoms with Gasteiger partial charge in [-0.2, -0.15) is 10.2 Å². The molecule has 0 saturated carbocycles. The smallest absolute Gasteiger partial charge is 0.157 e. The van der Waals surface area contributed by atoms with Gasteiger partial charge >= 0.3 is 0 Å². The van der Waals surface area contributed by atoms with E-state index in [1.165, 1.54) is 6.21 Å². The van der Waals surface area contributed by atoms with Crippen LogP contribution < -0.4 is 17.0 Å². The summed E-state index contributed by atoms with van der Waals surface area (Å²) in [7, 11) is 0. The molecule has 90 valence electrons. The highest BCUT2D eigenvalue weighted by Gasteiger charge is 2.20. The van der Waals surface area contributed by atoms with Crippen molar-refractivity contribution in [3.05, 3.63) is 29.8 Å². The van der Waals surface area contributed by atoms with E-state index in [1.807, 2.05) is 0 Å². The molecule has 0 bridgehead atoms. The molecule has 5 N–H and O–H groups in total. The monoisotopic (exact) mass is 240 g/mol. The lowest BCUT2D eigenvalue weighted by molar-refractivity contribution is 0.280. The number of benzene rings is 1. The van der Waals surface area contributed by atoms with Crippen molar-refractivity contribution in [1.82, 2.24) is 5.12 Å². The number of nitrogens with one attached hydrogen (secondary N) is 1. The highest BCUT2D eigenvalue weighted by Crippen LogP contribution is 2.13. The van der Waals surface area contributed by atoms with Gasteiger partial charge in [0.25, 0.3) is 0 Å². The van der Waals surface area contributed by atoms with E-state index in [4.69, 9.17) is 11.6 Å². The predicted octanol–water partition coefficient (Wildman–Crippen LogP) is 0.193. The number of hydrazone groups is 2. The molecule has 0 saturated heterocycles. The van der Waals surface area contributed by atoms with Crippen LogP contribution in [0.3, 0.4) is 0 Å². The van der Waals surface area contributed by atoms with E-state index < -0.39 is 17.8 Å². The second kappa shape index (κ2) is 4.44. The number of nitrogens with two attached hydrogens (primary N) is 2. The fourth-order valence-corrected chi connectivity index (χ4v) is 1.25. The van der Waals surface area contributed by atoms with Crippen molar-refractivity contribution < 1.29 is 8.78 Å². The van der Waals surface area contributed by atoms with Gasteiger partial charge in [-0.25, -0.2) is 19.7 Å². The van der Waals surface area contributed by atoms with Gasteiger partial charge in [0.15, 0.2) is 6.17 Å². The number of hydrogen-bond acceptors (Lipinski definition) is 6. The van der Waals surface area contributed by atoms with Crippen molar-refractivity contribution in [3.8, 4) is 0 Å². The van der Waals surface area contributed by atoms with E-state index in [1.54, 1.807) is 0 Å². The number of rotatable bonds is 2. The SMILES string of the molecule is NC1C(=NNc2cc(F)cc(F)c2)C=NN1N. The number of nitrogens with zero attached hydrogens (tertiary/aromatic N) is 3. The summed E-state index contributed by atoms with van der Waals surface area (Å²) in [6.45, 7) is 0. The van der Waals surface area contributed by atoms with Crippen LogP contribution in [-0.2, 0) is 0 Å². The van der Waals surface area contributed by atoms with E-state index in [-0.39, 0.29) is 5.69 Å². The molecule has 0 amide bonds. The van der Waals surface area contributed by atoms with Crippen molar-refractivity contribution in [2.24, 2.45) is 21.8 Å². The lowest BCUT2D eigenvalue weighted by Crippen LogP contribution is -2.44. The lowest BCUT2D eigenvalue weighted by Gasteiger charge is -2.12. The third-order valence-electron chi connectivity index (χ3n) is 2.09. The zero-order chi connectivity index (χ0) is 12.4. The Morgan fingerprint density at radius 2 is 1.94 bits per heavy atom. The Bertz CT molecular complexity index is 466. The first kappa shape index (κ1) is 11.4. The average molecular weight is 240 g/mol. The van der Waals surface area contributed by atoms with Gasteiger partial charge in [0, 0.05) is 6.07 Å². The normalized spacial score (nSPS) is 21.3. The molecule has 2 rings (SSSR count). The molecular formula is C9H10F2N6. The molecule has 0 spiro atoms. The summed E-state index contributed by atoms with van der Waals surface area (Å²) in [6.07, 6.45) is 0.675.